The third-order valence-corrected chi connectivity index (χ3v) is 3.66. The monoisotopic (exact) mass is 346 g/mol. The van der Waals surface area contributed by atoms with Gasteiger partial charge in [0, 0.05) is 11.1 Å². The fourth-order valence-electron chi connectivity index (χ4n) is 2.29. The topological polar surface area (TPSA) is 70.9 Å². The van der Waals surface area contributed by atoms with E-state index in [4.69, 9.17) is 4.74 Å². The Hall–Kier alpha value is -3.60. The molecule has 0 heterocycles. The number of carbonyl (C=O) groups excluding carboxylic acids is 1. The van der Waals surface area contributed by atoms with Gasteiger partial charge in [0.15, 0.2) is 0 Å². The van der Waals surface area contributed by atoms with Crippen molar-refractivity contribution in [3.8, 4) is 11.5 Å². The number of benzene rings is 3. The highest BCUT2D eigenvalue weighted by Gasteiger charge is 2.04. The van der Waals surface area contributed by atoms with Crippen molar-refractivity contribution in [2.45, 2.75) is 6.61 Å². The average molecular weight is 346 g/mol. The van der Waals surface area contributed by atoms with Crippen molar-refractivity contribution >= 4 is 12.1 Å². The highest BCUT2D eigenvalue weighted by Crippen LogP contribution is 2.17. The molecule has 0 aromatic heterocycles. The number of phenols is 1. The van der Waals surface area contributed by atoms with Crippen molar-refractivity contribution in [2.24, 2.45) is 5.10 Å². The molecular formula is C21H18N2O3. The fraction of sp³-hybridized carbons (Fsp3) is 0.0476. The smallest absolute Gasteiger partial charge is 0.271 e. The number of rotatable bonds is 6. The molecule has 5 nitrogen and oxygen atoms in total. The largest absolute Gasteiger partial charge is 0.508 e. The number of para-hydroxylation sites is 1. The van der Waals surface area contributed by atoms with Crippen LogP contribution in [0, 0.1) is 0 Å². The van der Waals surface area contributed by atoms with Gasteiger partial charge in [-0.3, -0.25) is 4.79 Å². The summed E-state index contributed by atoms with van der Waals surface area (Å²) in [5.74, 6) is 0.428. The van der Waals surface area contributed by atoms with Crippen molar-refractivity contribution in [1.29, 1.82) is 0 Å². The van der Waals surface area contributed by atoms with Gasteiger partial charge in [-0.2, -0.15) is 5.10 Å². The first kappa shape index (κ1) is 17.2. The third kappa shape index (κ3) is 4.70. The van der Waals surface area contributed by atoms with Gasteiger partial charge < -0.3 is 9.84 Å². The highest BCUT2D eigenvalue weighted by atomic mass is 16.5. The van der Waals surface area contributed by atoms with Crippen LogP contribution in [0.25, 0.3) is 0 Å². The molecule has 5 heteroatoms. The van der Waals surface area contributed by atoms with Gasteiger partial charge in [0.05, 0.1) is 6.21 Å². The molecule has 0 aliphatic heterocycles. The number of hydrogen-bond donors (Lipinski definition) is 2. The highest BCUT2D eigenvalue weighted by molar-refractivity contribution is 5.95. The molecule has 0 atom stereocenters. The quantitative estimate of drug-likeness (QED) is 0.528. The van der Waals surface area contributed by atoms with Crippen LogP contribution in [0.5, 0.6) is 11.5 Å². The molecule has 0 radical (unpaired) electrons. The minimum Gasteiger partial charge on any atom is -0.508 e. The lowest BCUT2D eigenvalue weighted by molar-refractivity contribution is 0.0955. The molecule has 3 rings (SSSR count). The number of carbonyl (C=O) groups is 1. The first-order valence-corrected chi connectivity index (χ1v) is 8.10. The standard InChI is InChI=1S/C21H18N2O3/c24-19-12-10-17(11-13-19)21(25)23-22-14-18-8-4-5-9-20(18)26-15-16-6-2-1-3-7-16/h1-14,24H,15H2,(H,23,25)/b22-14+. The zero-order chi connectivity index (χ0) is 18.2. The summed E-state index contributed by atoms with van der Waals surface area (Å²) >= 11 is 0. The van der Waals surface area contributed by atoms with Crippen molar-refractivity contribution in [3.05, 3.63) is 95.6 Å². The molecule has 0 spiro atoms. The van der Waals surface area contributed by atoms with E-state index in [0.717, 1.165) is 11.1 Å². The molecule has 0 fully saturated rings. The SMILES string of the molecule is O=C(N/N=C/c1ccccc1OCc1ccccc1)c1ccc(O)cc1. The van der Waals surface area contributed by atoms with Gasteiger partial charge in [-0.05, 0) is 42.0 Å². The summed E-state index contributed by atoms with van der Waals surface area (Å²) in [6.45, 7) is 0.450. The second kappa shape index (κ2) is 8.48. The van der Waals surface area contributed by atoms with E-state index < -0.39 is 0 Å². The molecule has 0 saturated carbocycles. The number of amides is 1. The molecule has 0 bridgehead atoms. The Morgan fingerprint density at radius 3 is 2.42 bits per heavy atom. The maximum Gasteiger partial charge on any atom is 0.271 e. The predicted octanol–water partition coefficient (Wildman–Crippen LogP) is 3.74. The van der Waals surface area contributed by atoms with Gasteiger partial charge in [0.2, 0.25) is 0 Å². The van der Waals surface area contributed by atoms with E-state index in [1.54, 1.807) is 6.21 Å². The lowest BCUT2D eigenvalue weighted by atomic mass is 10.2. The van der Waals surface area contributed by atoms with Gasteiger partial charge >= 0.3 is 0 Å². The van der Waals surface area contributed by atoms with Crippen molar-refractivity contribution in [3.63, 3.8) is 0 Å². The Balaban J connectivity index is 1.63. The summed E-state index contributed by atoms with van der Waals surface area (Å²) in [6, 6.07) is 23.3. The van der Waals surface area contributed by atoms with Crippen LogP contribution in [0.1, 0.15) is 21.5 Å². The summed E-state index contributed by atoms with van der Waals surface area (Å²) in [5, 5.41) is 13.2. The lowest BCUT2D eigenvalue weighted by Crippen LogP contribution is -2.17. The lowest BCUT2D eigenvalue weighted by Gasteiger charge is -2.09. The molecule has 0 unspecified atom stereocenters. The Labute approximate surface area is 151 Å². The summed E-state index contributed by atoms with van der Waals surface area (Å²) in [7, 11) is 0. The number of aromatic hydroxyl groups is 1. The minimum absolute atomic E-state index is 0.106. The molecule has 3 aromatic rings. The molecule has 0 saturated heterocycles. The molecule has 0 aliphatic rings. The van der Waals surface area contributed by atoms with E-state index in [1.165, 1.54) is 24.3 Å². The second-order valence-electron chi connectivity index (χ2n) is 5.56. The maximum absolute atomic E-state index is 12.0. The van der Waals surface area contributed by atoms with Gasteiger partial charge in [-0.15, -0.1) is 0 Å². The Morgan fingerprint density at radius 2 is 1.65 bits per heavy atom. The van der Waals surface area contributed by atoms with Gasteiger partial charge in [-0.25, -0.2) is 5.43 Å². The van der Waals surface area contributed by atoms with Crippen molar-refractivity contribution in [1.82, 2.24) is 5.43 Å². The van der Waals surface area contributed by atoms with E-state index in [1.807, 2.05) is 54.6 Å². The zero-order valence-electron chi connectivity index (χ0n) is 14.0. The number of ether oxygens (including phenoxy) is 1. The summed E-state index contributed by atoms with van der Waals surface area (Å²) in [4.78, 5) is 12.0. The van der Waals surface area contributed by atoms with Crippen molar-refractivity contribution < 1.29 is 14.6 Å². The Morgan fingerprint density at radius 1 is 0.962 bits per heavy atom. The molecule has 2 N–H and O–H groups in total. The zero-order valence-corrected chi connectivity index (χ0v) is 14.0. The van der Waals surface area contributed by atoms with Gasteiger partial charge in [0.1, 0.15) is 18.1 Å². The van der Waals surface area contributed by atoms with E-state index in [9.17, 15) is 9.90 Å². The fourth-order valence-corrected chi connectivity index (χ4v) is 2.29. The van der Waals surface area contributed by atoms with Crippen molar-refractivity contribution in [2.75, 3.05) is 0 Å². The molecule has 130 valence electrons. The Kier molecular flexibility index (Phi) is 5.62. The number of hydrogen-bond acceptors (Lipinski definition) is 4. The molecular weight excluding hydrogens is 328 g/mol. The summed E-state index contributed by atoms with van der Waals surface area (Å²) in [5.41, 5.74) is 4.70. The second-order valence-corrected chi connectivity index (χ2v) is 5.56. The van der Waals surface area contributed by atoms with Crippen LogP contribution in [0.2, 0.25) is 0 Å². The van der Waals surface area contributed by atoms with Crippen LogP contribution in [-0.2, 0) is 6.61 Å². The van der Waals surface area contributed by atoms with Crippen LogP contribution in [0.4, 0.5) is 0 Å². The normalized spacial score (nSPS) is 10.6. The summed E-state index contributed by atoms with van der Waals surface area (Å²) in [6.07, 6.45) is 1.54. The first-order valence-electron chi connectivity index (χ1n) is 8.10. The molecule has 26 heavy (non-hydrogen) atoms. The predicted molar refractivity (Wildman–Crippen MR) is 100 cm³/mol. The average Bonchev–Trinajstić information content (AvgIpc) is 2.68. The maximum atomic E-state index is 12.0. The number of phenolic OH excluding ortho intramolecular Hbond substituents is 1. The minimum atomic E-state index is -0.357. The molecule has 1 amide bonds. The van der Waals surface area contributed by atoms with E-state index in [-0.39, 0.29) is 11.7 Å². The molecule has 0 aliphatic carbocycles. The number of hydrazone groups is 1. The number of nitrogens with one attached hydrogen (secondary N) is 1. The van der Waals surface area contributed by atoms with Crippen LogP contribution in [0.15, 0.2) is 84.0 Å². The Bertz CT molecular complexity index is 891. The summed E-state index contributed by atoms with van der Waals surface area (Å²) < 4.78 is 5.85. The van der Waals surface area contributed by atoms with Crippen LogP contribution >= 0.6 is 0 Å². The van der Waals surface area contributed by atoms with E-state index in [2.05, 4.69) is 10.5 Å². The first-order chi connectivity index (χ1) is 12.7. The van der Waals surface area contributed by atoms with Crippen LogP contribution < -0.4 is 10.2 Å². The van der Waals surface area contributed by atoms with Crippen LogP contribution in [-0.4, -0.2) is 17.2 Å². The van der Waals surface area contributed by atoms with Gasteiger partial charge in [-0.1, -0.05) is 42.5 Å². The van der Waals surface area contributed by atoms with Gasteiger partial charge in [0.25, 0.3) is 5.91 Å². The van der Waals surface area contributed by atoms with E-state index in [0.29, 0.717) is 17.9 Å². The van der Waals surface area contributed by atoms with E-state index >= 15 is 0 Å². The third-order valence-electron chi connectivity index (χ3n) is 3.66. The van der Waals surface area contributed by atoms with Crippen LogP contribution in [0.3, 0.4) is 0 Å². The number of nitrogens with zero attached hydrogens (tertiary/aromatic N) is 1. The molecule has 3 aromatic carbocycles.